The van der Waals surface area contributed by atoms with E-state index in [2.05, 4.69) is 20.3 Å². The van der Waals surface area contributed by atoms with E-state index < -0.39 is 6.09 Å². The third kappa shape index (κ3) is 3.78. The Kier molecular flexibility index (Phi) is 4.42. The van der Waals surface area contributed by atoms with Gasteiger partial charge in [-0.3, -0.25) is 5.32 Å². The molecule has 3 rings (SSSR count). The first-order chi connectivity index (χ1) is 11.1. The van der Waals surface area contributed by atoms with Crippen molar-refractivity contribution in [2.75, 3.05) is 11.9 Å². The third-order valence-corrected chi connectivity index (χ3v) is 3.79. The molecule has 0 aliphatic heterocycles. The number of carbonyl (C=O) groups excluding carboxylic acids is 1. The minimum atomic E-state index is -0.582. The number of hydrogen-bond acceptors (Lipinski definition) is 5. The third-order valence-electron chi connectivity index (χ3n) is 2.84. The number of aromatic nitrogens is 3. The number of anilines is 1. The number of halogens is 1. The Morgan fingerprint density at radius 1 is 1.39 bits per heavy atom. The lowest BCUT2D eigenvalue weighted by Crippen LogP contribution is -2.14. The fourth-order valence-electron chi connectivity index (χ4n) is 1.92. The summed E-state index contributed by atoms with van der Waals surface area (Å²) >= 11 is 1.38. The number of ether oxygens (including phenoxy) is 1. The minimum Gasteiger partial charge on any atom is -0.450 e. The second kappa shape index (κ2) is 6.66. The van der Waals surface area contributed by atoms with Crippen LogP contribution in [-0.2, 0) is 4.74 Å². The molecular weight excluding hydrogens is 319 g/mol. The number of benzene rings is 1. The summed E-state index contributed by atoms with van der Waals surface area (Å²) in [6, 6.07) is 8.13. The molecule has 8 heteroatoms. The Morgan fingerprint density at radius 3 is 3.04 bits per heavy atom. The van der Waals surface area contributed by atoms with Crippen molar-refractivity contribution in [3.05, 3.63) is 42.3 Å². The molecule has 3 aromatic rings. The quantitative estimate of drug-likeness (QED) is 0.759. The monoisotopic (exact) mass is 332 g/mol. The fourth-order valence-corrected chi connectivity index (χ4v) is 2.79. The molecule has 2 aromatic heterocycles. The number of nitrogens with one attached hydrogen (secondary N) is 2. The number of rotatable bonds is 4. The molecule has 118 valence electrons. The largest absolute Gasteiger partial charge is 0.450 e. The zero-order valence-corrected chi connectivity index (χ0v) is 13.0. The van der Waals surface area contributed by atoms with E-state index in [0.717, 1.165) is 9.79 Å². The Bertz CT molecular complexity index is 852. The van der Waals surface area contributed by atoms with Gasteiger partial charge in [0.1, 0.15) is 11.3 Å². The number of imidazole rings is 1. The Balaban J connectivity index is 1.80. The molecule has 2 heterocycles. The fraction of sp³-hybridized carbons (Fsp3) is 0.133. The Hall–Kier alpha value is -2.61. The standard InChI is InChI=1S/C15H13FN4O2S/c1-2-22-15(21)20-14-18-12-7-11(8-17-13(12)19-14)23-10-5-3-4-9(16)6-10/h3-8H,2H2,1H3,(H2,17,18,19,20,21). The van der Waals surface area contributed by atoms with Crippen LogP contribution >= 0.6 is 11.8 Å². The van der Waals surface area contributed by atoms with Crippen LogP contribution in [0.25, 0.3) is 11.2 Å². The number of pyridine rings is 1. The Labute approximate surface area is 135 Å². The van der Waals surface area contributed by atoms with Gasteiger partial charge >= 0.3 is 6.09 Å². The summed E-state index contributed by atoms with van der Waals surface area (Å²) < 4.78 is 18.0. The van der Waals surface area contributed by atoms with Crippen molar-refractivity contribution in [3.8, 4) is 0 Å². The van der Waals surface area contributed by atoms with E-state index in [1.807, 2.05) is 12.1 Å². The van der Waals surface area contributed by atoms with Gasteiger partial charge in [-0.15, -0.1) is 0 Å². The van der Waals surface area contributed by atoms with Gasteiger partial charge in [-0.25, -0.2) is 19.2 Å². The lowest BCUT2D eigenvalue weighted by molar-refractivity contribution is 0.167. The summed E-state index contributed by atoms with van der Waals surface area (Å²) in [6.45, 7) is 1.99. The number of amides is 1. The van der Waals surface area contributed by atoms with Crippen molar-refractivity contribution in [1.82, 2.24) is 15.0 Å². The maximum Gasteiger partial charge on any atom is 0.413 e. The molecule has 0 saturated carbocycles. The SMILES string of the molecule is CCOC(=O)Nc1nc2cc(Sc3cccc(F)c3)cnc2[nH]1. The summed E-state index contributed by atoms with van der Waals surface area (Å²) in [4.78, 5) is 24.3. The number of carbonyl (C=O) groups is 1. The van der Waals surface area contributed by atoms with Crippen molar-refractivity contribution in [1.29, 1.82) is 0 Å². The number of aromatic amines is 1. The summed E-state index contributed by atoms with van der Waals surface area (Å²) in [5.74, 6) is -0.0245. The van der Waals surface area contributed by atoms with Gasteiger partial charge in [-0.1, -0.05) is 17.8 Å². The van der Waals surface area contributed by atoms with Crippen molar-refractivity contribution in [2.24, 2.45) is 0 Å². The maximum absolute atomic E-state index is 13.2. The van der Waals surface area contributed by atoms with E-state index in [-0.39, 0.29) is 18.4 Å². The lowest BCUT2D eigenvalue weighted by Gasteiger charge is -2.00. The average Bonchev–Trinajstić information content (AvgIpc) is 2.88. The van der Waals surface area contributed by atoms with E-state index in [9.17, 15) is 9.18 Å². The van der Waals surface area contributed by atoms with Crippen molar-refractivity contribution in [3.63, 3.8) is 0 Å². The smallest absolute Gasteiger partial charge is 0.413 e. The van der Waals surface area contributed by atoms with Crippen LogP contribution in [0, 0.1) is 5.82 Å². The first-order valence-electron chi connectivity index (χ1n) is 6.87. The molecule has 1 amide bonds. The van der Waals surface area contributed by atoms with Gasteiger partial charge in [0.25, 0.3) is 0 Å². The summed E-state index contributed by atoms with van der Waals surface area (Å²) in [5, 5.41) is 2.48. The number of hydrogen-bond donors (Lipinski definition) is 2. The van der Waals surface area contributed by atoms with Gasteiger partial charge in [0.2, 0.25) is 5.95 Å². The van der Waals surface area contributed by atoms with E-state index in [1.54, 1.807) is 19.2 Å². The lowest BCUT2D eigenvalue weighted by atomic mass is 10.3. The van der Waals surface area contributed by atoms with E-state index in [1.165, 1.54) is 23.9 Å². The first kappa shape index (κ1) is 15.3. The maximum atomic E-state index is 13.2. The molecule has 0 radical (unpaired) electrons. The topological polar surface area (TPSA) is 79.9 Å². The van der Waals surface area contributed by atoms with Crippen LogP contribution in [0.15, 0.2) is 46.3 Å². The zero-order chi connectivity index (χ0) is 16.2. The van der Waals surface area contributed by atoms with Gasteiger partial charge in [0, 0.05) is 16.0 Å². The molecule has 2 N–H and O–H groups in total. The summed E-state index contributed by atoms with van der Waals surface area (Å²) in [5.41, 5.74) is 1.14. The normalized spacial score (nSPS) is 10.7. The van der Waals surface area contributed by atoms with Crippen molar-refractivity contribution >= 4 is 35.0 Å². The van der Waals surface area contributed by atoms with Crippen LogP contribution in [0.2, 0.25) is 0 Å². The number of nitrogens with zero attached hydrogens (tertiary/aromatic N) is 2. The summed E-state index contributed by atoms with van der Waals surface area (Å²) in [7, 11) is 0. The van der Waals surface area contributed by atoms with E-state index in [4.69, 9.17) is 4.74 Å². The molecule has 6 nitrogen and oxygen atoms in total. The van der Waals surface area contributed by atoms with E-state index in [0.29, 0.717) is 11.2 Å². The number of fused-ring (bicyclic) bond motifs is 1. The highest BCUT2D eigenvalue weighted by molar-refractivity contribution is 7.99. The molecule has 23 heavy (non-hydrogen) atoms. The first-order valence-corrected chi connectivity index (χ1v) is 7.68. The van der Waals surface area contributed by atoms with Gasteiger partial charge in [-0.2, -0.15) is 0 Å². The summed E-state index contributed by atoms with van der Waals surface area (Å²) in [6.07, 6.45) is 1.07. The highest BCUT2D eigenvalue weighted by Crippen LogP contribution is 2.29. The van der Waals surface area contributed by atoms with E-state index >= 15 is 0 Å². The van der Waals surface area contributed by atoms with Gasteiger partial charge < -0.3 is 9.72 Å². The molecule has 0 unspecified atom stereocenters. The predicted octanol–water partition coefficient (Wildman–Crippen LogP) is 3.82. The molecule has 0 fully saturated rings. The average molecular weight is 332 g/mol. The zero-order valence-electron chi connectivity index (χ0n) is 12.2. The predicted molar refractivity (Wildman–Crippen MR) is 85.1 cm³/mol. The Morgan fingerprint density at radius 2 is 2.26 bits per heavy atom. The highest BCUT2D eigenvalue weighted by atomic mass is 32.2. The van der Waals surface area contributed by atoms with Crippen LogP contribution in [0.4, 0.5) is 15.1 Å². The van der Waals surface area contributed by atoms with Crippen molar-refractivity contribution in [2.45, 2.75) is 16.7 Å². The van der Waals surface area contributed by atoms with Gasteiger partial charge in [0.15, 0.2) is 5.65 Å². The minimum absolute atomic E-state index is 0.263. The molecule has 0 saturated heterocycles. The highest BCUT2D eigenvalue weighted by Gasteiger charge is 2.09. The second-order valence-electron chi connectivity index (χ2n) is 4.53. The van der Waals surface area contributed by atoms with Crippen LogP contribution in [-0.4, -0.2) is 27.7 Å². The van der Waals surface area contributed by atoms with Crippen LogP contribution in [0.3, 0.4) is 0 Å². The van der Waals surface area contributed by atoms with Gasteiger partial charge in [-0.05, 0) is 31.2 Å². The molecule has 0 atom stereocenters. The van der Waals surface area contributed by atoms with Crippen molar-refractivity contribution < 1.29 is 13.9 Å². The van der Waals surface area contributed by atoms with Crippen LogP contribution < -0.4 is 5.32 Å². The van der Waals surface area contributed by atoms with Gasteiger partial charge in [0.05, 0.1) is 6.61 Å². The molecule has 0 bridgehead atoms. The molecule has 0 spiro atoms. The van der Waals surface area contributed by atoms with Crippen LogP contribution in [0.5, 0.6) is 0 Å². The molecule has 0 aliphatic rings. The molecular formula is C15H13FN4O2S. The number of H-pyrrole nitrogens is 1. The molecule has 1 aromatic carbocycles. The molecule has 0 aliphatic carbocycles. The van der Waals surface area contributed by atoms with Crippen LogP contribution in [0.1, 0.15) is 6.92 Å². The second-order valence-corrected chi connectivity index (χ2v) is 5.68.